The molecule has 2 aliphatic rings. The van der Waals surface area contributed by atoms with E-state index in [1.807, 2.05) is 6.07 Å². The molecule has 2 aromatic rings. The fraction of sp³-hybridized carbons (Fsp3) is 0.381. The average Bonchev–Trinajstić information content (AvgIpc) is 2.84. The second-order valence-corrected chi connectivity index (χ2v) is 9.53. The molecule has 5 heteroatoms. The van der Waals surface area contributed by atoms with E-state index in [9.17, 15) is 9.90 Å². The van der Waals surface area contributed by atoms with Crippen LogP contribution in [-0.2, 0) is 5.41 Å². The van der Waals surface area contributed by atoms with Gasteiger partial charge in [0.15, 0.2) is 5.78 Å². The van der Waals surface area contributed by atoms with Gasteiger partial charge in [-0.05, 0) is 80.2 Å². The van der Waals surface area contributed by atoms with Crippen molar-refractivity contribution in [1.29, 1.82) is 0 Å². The molecule has 3 nitrogen and oxygen atoms in total. The van der Waals surface area contributed by atoms with E-state index < -0.39 is 5.60 Å². The molecule has 1 saturated heterocycles. The predicted molar refractivity (Wildman–Crippen MR) is 111 cm³/mol. The first kappa shape index (κ1) is 18.4. The van der Waals surface area contributed by atoms with E-state index in [4.69, 9.17) is 0 Å². The first-order valence-corrected chi connectivity index (χ1v) is 10.5. The highest BCUT2D eigenvalue weighted by Crippen LogP contribution is 2.56. The molecule has 1 spiro atoms. The SMILES string of the molecule is CC(C)(O)C(=O)c1c(Br)ccc2c1C1(CCNCC1)c1cc(Br)ccc1-2. The number of ketones is 1. The van der Waals surface area contributed by atoms with Crippen molar-refractivity contribution in [3.63, 3.8) is 0 Å². The maximum absolute atomic E-state index is 13.2. The van der Waals surface area contributed by atoms with Crippen LogP contribution in [0.1, 0.15) is 48.2 Å². The molecule has 2 N–H and O–H groups in total. The number of carbonyl (C=O) groups excluding carboxylic acids is 1. The molecular formula is C21H21Br2NO2. The molecule has 1 heterocycles. The van der Waals surface area contributed by atoms with Gasteiger partial charge in [0, 0.05) is 19.9 Å². The molecule has 26 heavy (non-hydrogen) atoms. The number of Topliss-reactive ketones (excluding diaryl/α,β-unsaturated/α-hetero) is 1. The Morgan fingerprint density at radius 3 is 2.42 bits per heavy atom. The van der Waals surface area contributed by atoms with E-state index in [-0.39, 0.29) is 11.2 Å². The summed E-state index contributed by atoms with van der Waals surface area (Å²) in [4.78, 5) is 13.2. The maximum atomic E-state index is 13.2. The van der Waals surface area contributed by atoms with Crippen LogP contribution in [0.2, 0.25) is 0 Å². The van der Waals surface area contributed by atoms with Crippen LogP contribution < -0.4 is 5.32 Å². The number of halogens is 2. The molecule has 4 rings (SSSR count). The van der Waals surface area contributed by atoms with Gasteiger partial charge < -0.3 is 10.4 Å². The molecular weight excluding hydrogens is 458 g/mol. The summed E-state index contributed by atoms with van der Waals surface area (Å²) in [5, 5.41) is 13.9. The van der Waals surface area contributed by atoms with Crippen molar-refractivity contribution in [3.05, 3.63) is 56.0 Å². The number of aliphatic hydroxyl groups is 1. The third-order valence-electron chi connectivity index (χ3n) is 5.66. The molecule has 0 bridgehead atoms. The zero-order valence-electron chi connectivity index (χ0n) is 14.8. The topological polar surface area (TPSA) is 49.3 Å². The summed E-state index contributed by atoms with van der Waals surface area (Å²) in [6.45, 7) is 4.95. The third-order valence-corrected chi connectivity index (χ3v) is 6.81. The van der Waals surface area contributed by atoms with Gasteiger partial charge in [0.1, 0.15) is 5.60 Å². The minimum Gasteiger partial charge on any atom is -0.382 e. The van der Waals surface area contributed by atoms with Gasteiger partial charge >= 0.3 is 0 Å². The quantitative estimate of drug-likeness (QED) is 0.608. The highest BCUT2D eigenvalue weighted by molar-refractivity contribution is 9.10. The monoisotopic (exact) mass is 477 g/mol. The molecule has 0 saturated carbocycles. The van der Waals surface area contributed by atoms with E-state index in [1.165, 1.54) is 11.1 Å². The number of rotatable bonds is 2. The number of hydrogen-bond donors (Lipinski definition) is 2. The van der Waals surface area contributed by atoms with Gasteiger partial charge in [0.05, 0.1) is 0 Å². The van der Waals surface area contributed by atoms with Crippen molar-refractivity contribution in [2.24, 2.45) is 0 Å². The molecule has 0 amide bonds. The fourth-order valence-corrected chi connectivity index (χ4v) is 5.35. The van der Waals surface area contributed by atoms with Crippen LogP contribution in [0.15, 0.2) is 39.3 Å². The summed E-state index contributed by atoms with van der Waals surface area (Å²) in [6.07, 6.45) is 1.87. The molecule has 1 aliphatic carbocycles. The van der Waals surface area contributed by atoms with E-state index >= 15 is 0 Å². The minimum absolute atomic E-state index is 0.195. The zero-order valence-corrected chi connectivity index (χ0v) is 18.0. The first-order valence-electron chi connectivity index (χ1n) is 8.87. The third kappa shape index (κ3) is 2.63. The van der Waals surface area contributed by atoms with Gasteiger partial charge in [-0.15, -0.1) is 0 Å². The minimum atomic E-state index is -1.42. The fourth-order valence-electron chi connectivity index (χ4n) is 4.48. The second kappa shape index (κ2) is 6.26. The summed E-state index contributed by atoms with van der Waals surface area (Å²) < 4.78 is 1.81. The normalized spacial score (nSPS) is 17.9. The molecule has 0 radical (unpaired) electrons. The second-order valence-electron chi connectivity index (χ2n) is 7.76. The van der Waals surface area contributed by atoms with Gasteiger partial charge in [-0.3, -0.25) is 4.79 Å². The summed E-state index contributed by atoms with van der Waals surface area (Å²) in [5.74, 6) is -0.231. The lowest BCUT2D eigenvalue weighted by Gasteiger charge is -2.38. The number of benzene rings is 2. The lowest BCUT2D eigenvalue weighted by molar-refractivity contribution is 0.0484. The molecule has 0 unspecified atom stereocenters. The first-order chi connectivity index (χ1) is 12.3. The number of hydrogen-bond acceptors (Lipinski definition) is 3. The standard InChI is InChI=1S/C21H21Br2NO2/c1-20(2,26)19(25)17-16(23)6-5-14-13-4-3-12(22)11-15(13)21(18(14)17)7-9-24-10-8-21/h3-6,11,24,26H,7-10H2,1-2H3. The van der Waals surface area contributed by atoms with Crippen LogP contribution in [0.5, 0.6) is 0 Å². The summed E-state index contributed by atoms with van der Waals surface area (Å²) in [6, 6.07) is 10.4. The molecule has 1 aliphatic heterocycles. The highest BCUT2D eigenvalue weighted by Gasteiger charge is 2.47. The Hall–Kier alpha value is -1.01. The molecule has 2 aromatic carbocycles. The van der Waals surface area contributed by atoms with Crippen LogP contribution in [0.3, 0.4) is 0 Å². The molecule has 136 valence electrons. The largest absolute Gasteiger partial charge is 0.382 e. The number of nitrogens with one attached hydrogen (secondary N) is 1. The summed E-state index contributed by atoms with van der Waals surface area (Å²) in [5.41, 5.74) is 3.69. The predicted octanol–water partition coefficient (Wildman–Crippen LogP) is 4.82. The van der Waals surface area contributed by atoms with Crippen LogP contribution in [-0.4, -0.2) is 29.6 Å². The van der Waals surface area contributed by atoms with E-state index in [0.717, 1.165) is 46.0 Å². The highest BCUT2D eigenvalue weighted by atomic mass is 79.9. The lowest BCUT2D eigenvalue weighted by atomic mass is 9.69. The molecule has 0 atom stereocenters. The number of carbonyl (C=O) groups is 1. The Labute approximate surface area is 170 Å². The lowest BCUT2D eigenvalue weighted by Crippen LogP contribution is -2.41. The smallest absolute Gasteiger partial charge is 0.195 e. The Morgan fingerprint density at radius 1 is 1.12 bits per heavy atom. The van der Waals surface area contributed by atoms with Crippen molar-refractivity contribution >= 4 is 37.6 Å². The van der Waals surface area contributed by atoms with Crippen LogP contribution in [0.25, 0.3) is 11.1 Å². The van der Waals surface area contributed by atoms with Gasteiger partial charge in [-0.2, -0.15) is 0 Å². The van der Waals surface area contributed by atoms with Crippen molar-refractivity contribution in [1.82, 2.24) is 5.32 Å². The zero-order chi connectivity index (χ0) is 18.7. The van der Waals surface area contributed by atoms with Crippen LogP contribution in [0.4, 0.5) is 0 Å². The van der Waals surface area contributed by atoms with E-state index in [1.54, 1.807) is 13.8 Å². The van der Waals surface area contributed by atoms with Gasteiger partial charge in [0.2, 0.25) is 0 Å². The Morgan fingerprint density at radius 2 is 1.77 bits per heavy atom. The van der Waals surface area contributed by atoms with Crippen molar-refractivity contribution in [2.75, 3.05) is 13.1 Å². The van der Waals surface area contributed by atoms with Gasteiger partial charge in [0.25, 0.3) is 0 Å². The van der Waals surface area contributed by atoms with Crippen molar-refractivity contribution in [2.45, 2.75) is 37.7 Å². The Kier molecular flexibility index (Phi) is 4.42. The Balaban J connectivity index is 2.07. The number of fused-ring (bicyclic) bond motifs is 5. The van der Waals surface area contributed by atoms with Crippen molar-refractivity contribution in [3.8, 4) is 11.1 Å². The van der Waals surface area contributed by atoms with Crippen LogP contribution in [0, 0.1) is 0 Å². The van der Waals surface area contributed by atoms with E-state index in [2.05, 4.69) is 61.4 Å². The van der Waals surface area contributed by atoms with Crippen molar-refractivity contribution < 1.29 is 9.90 Å². The average molecular weight is 479 g/mol. The summed E-state index contributed by atoms with van der Waals surface area (Å²) in [7, 11) is 0. The number of piperidine rings is 1. The molecule has 0 aromatic heterocycles. The summed E-state index contributed by atoms with van der Waals surface area (Å²) >= 11 is 7.22. The van der Waals surface area contributed by atoms with Crippen LogP contribution >= 0.6 is 31.9 Å². The van der Waals surface area contributed by atoms with Gasteiger partial charge in [-0.25, -0.2) is 0 Å². The Bertz CT molecular complexity index is 909. The molecule has 1 fully saturated rings. The van der Waals surface area contributed by atoms with Gasteiger partial charge in [-0.1, -0.05) is 44.0 Å². The van der Waals surface area contributed by atoms with E-state index in [0.29, 0.717) is 5.56 Å². The maximum Gasteiger partial charge on any atom is 0.195 e.